The second-order valence-electron chi connectivity index (χ2n) is 3.77. The van der Waals surface area contributed by atoms with Crippen molar-refractivity contribution in [3.8, 4) is 0 Å². The lowest BCUT2D eigenvalue weighted by molar-refractivity contribution is 0.0696. The molecule has 8 heteroatoms. The van der Waals surface area contributed by atoms with Crippen molar-refractivity contribution in [1.82, 2.24) is 4.98 Å². The highest BCUT2D eigenvalue weighted by atomic mass is 35.5. The summed E-state index contributed by atoms with van der Waals surface area (Å²) in [5.41, 5.74) is -0.125. The molecule has 0 amide bonds. The number of aromatic nitrogens is 1. The van der Waals surface area contributed by atoms with Crippen LogP contribution in [0.2, 0.25) is 5.02 Å². The molecule has 6 nitrogen and oxygen atoms in total. The molecule has 104 valence electrons. The average molecular weight is 313 g/mol. The average Bonchev–Trinajstić information content (AvgIpc) is 2.41. The predicted molar refractivity (Wildman–Crippen MR) is 73.5 cm³/mol. The van der Waals surface area contributed by atoms with Crippen molar-refractivity contribution >= 4 is 33.4 Å². The van der Waals surface area contributed by atoms with Gasteiger partial charge in [-0.25, -0.2) is 18.2 Å². The number of anilines is 1. The molecular weight excluding hydrogens is 304 g/mol. The van der Waals surface area contributed by atoms with Crippen molar-refractivity contribution in [3.05, 3.63) is 53.2 Å². The van der Waals surface area contributed by atoms with E-state index in [9.17, 15) is 13.2 Å². The number of nitrogens with zero attached hydrogens (tertiary/aromatic N) is 1. The zero-order chi connectivity index (χ0) is 14.8. The number of benzene rings is 1. The summed E-state index contributed by atoms with van der Waals surface area (Å²) < 4.78 is 26.5. The normalized spacial score (nSPS) is 11.1. The van der Waals surface area contributed by atoms with Crippen molar-refractivity contribution in [3.63, 3.8) is 0 Å². The van der Waals surface area contributed by atoms with Gasteiger partial charge in [0.05, 0.1) is 15.5 Å². The van der Waals surface area contributed by atoms with E-state index in [0.29, 0.717) is 0 Å². The summed E-state index contributed by atoms with van der Waals surface area (Å²) >= 11 is 5.82. The zero-order valence-corrected chi connectivity index (χ0v) is 11.5. The zero-order valence-electron chi connectivity index (χ0n) is 9.95. The molecule has 0 fully saturated rings. The summed E-state index contributed by atoms with van der Waals surface area (Å²) in [6.07, 6.45) is 1.39. The Morgan fingerprint density at radius 3 is 2.65 bits per heavy atom. The van der Waals surface area contributed by atoms with Gasteiger partial charge in [-0.15, -0.1) is 0 Å². The molecule has 0 saturated carbocycles. The predicted octanol–water partition coefficient (Wildman–Crippen LogP) is 2.23. The topological polar surface area (TPSA) is 96.4 Å². The minimum atomic E-state index is -3.95. The monoisotopic (exact) mass is 312 g/mol. The van der Waals surface area contributed by atoms with Gasteiger partial charge in [0, 0.05) is 6.20 Å². The molecule has 20 heavy (non-hydrogen) atoms. The molecule has 0 bridgehead atoms. The Bertz CT molecular complexity index is 762. The highest BCUT2D eigenvalue weighted by Crippen LogP contribution is 2.21. The highest BCUT2D eigenvalue weighted by Gasteiger charge is 2.18. The Labute approximate surface area is 120 Å². The number of hydrogen-bond acceptors (Lipinski definition) is 4. The summed E-state index contributed by atoms with van der Waals surface area (Å²) in [6.45, 7) is 0. The van der Waals surface area contributed by atoms with Gasteiger partial charge in [0.1, 0.15) is 0 Å². The number of carbonyl (C=O) groups is 1. The summed E-state index contributed by atoms with van der Waals surface area (Å²) in [7, 11) is -3.95. The number of carboxylic acid groups (broad SMARTS) is 1. The molecule has 1 aromatic carbocycles. The van der Waals surface area contributed by atoms with Crippen LogP contribution in [0.15, 0.2) is 47.5 Å². The second-order valence-corrected chi connectivity index (χ2v) is 5.86. The van der Waals surface area contributed by atoms with E-state index in [1.807, 2.05) is 0 Å². The molecule has 2 aromatic rings. The lowest BCUT2D eigenvalue weighted by Gasteiger charge is -2.08. The lowest BCUT2D eigenvalue weighted by atomic mass is 10.2. The van der Waals surface area contributed by atoms with Crippen LogP contribution < -0.4 is 4.72 Å². The van der Waals surface area contributed by atoms with E-state index >= 15 is 0 Å². The van der Waals surface area contributed by atoms with Gasteiger partial charge in [0.15, 0.2) is 5.82 Å². The fourth-order valence-corrected chi connectivity index (χ4v) is 2.74. The van der Waals surface area contributed by atoms with E-state index in [2.05, 4.69) is 9.71 Å². The highest BCUT2D eigenvalue weighted by molar-refractivity contribution is 7.92. The minimum absolute atomic E-state index is 0.0186. The largest absolute Gasteiger partial charge is 0.478 e. The van der Waals surface area contributed by atoms with Crippen LogP contribution in [0.25, 0.3) is 0 Å². The van der Waals surface area contributed by atoms with Crippen LogP contribution in [-0.2, 0) is 10.0 Å². The maximum absolute atomic E-state index is 12.1. The third-order valence-corrected chi connectivity index (χ3v) is 4.02. The number of sulfonamides is 1. The Morgan fingerprint density at radius 1 is 1.25 bits per heavy atom. The van der Waals surface area contributed by atoms with Gasteiger partial charge in [-0.1, -0.05) is 17.7 Å². The summed E-state index contributed by atoms with van der Waals surface area (Å²) in [6, 6.07) is 8.03. The van der Waals surface area contributed by atoms with E-state index in [1.54, 1.807) is 6.07 Å². The molecular formula is C12H9ClN2O4S. The van der Waals surface area contributed by atoms with E-state index in [4.69, 9.17) is 16.7 Å². The lowest BCUT2D eigenvalue weighted by Crippen LogP contribution is -2.14. The van der Waals surface area contributed by atoms with Gasteiger partial charge in [-0.3, -0.25) is 4.72 Å². The first-order chi connectivity index (χ1) is 9.40. The third kappa shape index (κ3) is 3.06. The molecule has 1 aromatic heterocycles. The first-order valence-corrected chi connectivity index (χ1v) is 7.23. The summed E-state index contributed by atoms with van der Waals surface area (Å²) in [5.74, 6) is -1.23. The van der Waals surface area contributed by atoms with Gasteiger partial charge in [-0.05, 0) is 30.3 Å². The van der Waals surface area contributed by atoms with Crippen LogP contribution in [0.1, 0.15) is 10.4 Å². The number of hydrogen-bond donors (Lipinski definition) is 2. The summed E-state index contributed by atoms with van der Waals surface area (Å²) in [4.78, 5) is 14.5. The quantitative estimate of drug-likeness (QED) is 0.902. The Hall–Kier alpha value is -2.12. The van der Waals surface area contributed by atoms with Crippen molar-refractivity contribution in [2.75, 3.05) is 4.72 Å². The van der Waals surface area contributed by atoms with E-state index < -0.39 is 16.0 Å². The number of pyridine rings is 1. The number of carboxylic acids is 1. The van der Waals surface area contributed by atoms with Crippen LogP contribution in [0.3, 0.4) is 0 Å². The fraction of sp³-hybridized carbons (Fsp3) is 0. The van der Waals surface area contributed by atoms with Crippen molar-refractivity contribution in [1.29, 1.82) is 0 Å². The number of rotatable bonds is 4. The summed E-state index contributed by atoms with van der Waals surface area (Å²) in [5, 5.41) is 9.00. The molecule has 2 rings (SSSR count). The second kappa shape index (κ2) is 5.48. The first-order valence-electron chi connectivity index (χ1n) is 5.37. The van der Waals surface area contributed by atoms with Gasteiger partial charge in [0.2, 0.25) is 0 Å². The van der Waals surface area contributed by atoms with E-state index in [1.165, 1.54) is 30.5 Å². The minimum Gasteiger partial charge on any atom is -0.478 e. The molecule has 0 unspecified atom stereocenters. The third-order valence-electron chi connectivity index (χ3n) is 2.38. The molecule has 0 saturated heterocycles. The van der Waals surface area contributed by atoms with Gasteiger partial charge >= 0.3 is 5.97 Å². The van der Waals surface area contributed by atoms with Crippen LogP contribution in [0.4, 0.5) is 5.82 Å². The maximum atomic E-state index is 12.1. The molecule has 0 spiro atoms. The van der Waals surface area contributed by atoms with Gasteiger partial charge < -0.3 is 5.11 Å². The van der Waals surface area contributed by atoms with Crippen molar-refractivity contribution in [2.45, 2.75) is 4.90 Å². The molecule has 0 aliphatic carbocycles. The Morgan fingerprint density at radius 2 is 2.00 bits per heavy atom. The molecule has 1 heterocycles. The Kier molecular flexibility index (Phi) is 3.91. The first kappa shape index (κ1) is 14.3. The molecule has 0 atom stereocenters. The van der Waals surface area contributed by atoms with Gasteiger partial charge in [0.25, 0.3) is 10.0 Å². The van der Waals surface area contributed by atoms with Gasteiger partial charge in [-0.2, -0.15) is 0 Å². The van der Waals surface area contributed by atoms with E-state index in [-0.39, 0.29) is 21.3 Å². The van der Waals surface area contributed by atoms with Crippen molar-refractivity contribution in [2.24, 2.45) is 0 Å². The van der Waals surface area contributed by atoms with E-state index in [0.717, 1.165) is 6.07 Å². The van der Waals surface area contributed by atoms with Crippen LogP contribution >= 0.6 is 11.6 Å². The molecule has 0 aliphatic heterocycles. The number of halogens is 1. The fourth-order valence-electron chi connectivity index (χ4n) is 1.44. The van der Waals surface area contributed by atoms with Crippen LogP contribution in [-0.4, -0.2) is 24.5 Å². The Balaban J connectivity index is 2.38. The smallest absolute Gasteiger partial charge is 0.335 e. The standard InChI is InChI=1S/C12H9ClN2O4S/c13-10-5-2-6-14-11(10)15-20(18,19)9-4-1-3-8(7-9)12(16)17/h1-7H,(H,14,15)(H,16,17). The molecule has 0 aliphatic rings. The van der Waals surface area contributed by atoms with Crippen molar-refractivity contribution < 1.29 is 18.3 Å². The molecule has 0 radical (unpaired) electrons. The SMILES string of the molecule is O=C(O)c1cccc(S(=O)(=O)Nc2ncccc2Cl)c1. The maximum Gasteiger partial charge on any atom is 0.335 e. The van der Waals surface area contributed by atoms with Crippen LogP contribution in [0.5, 0.6) is 0 Å². The van der Waals surface area contributed by atoms with Crippen LogP contribution in [0, 0.1) is 0 Å². The number of aromatic carboxylic acids is 1. The number of nitrogens with one attached hydrogen (secondary N) is 1. The molecule has 2 N–H and O–H groups in total.